The van der Waals surface area contributed by atoms with E-state index in [-0.39, 0.29) is 6.10 Å². The maximum atomic E-state index is 11.2. The Labute approximate surface area is 159 Å². The number of nitrogens with zero attached hydrogens (tertiary/aromatic N) is 1. The Bertz CT molecular complexity index is 724. The monoisotopic (exact) mass is 430 g/mol. The van der Waals surface area contributed by atoms with Crippen molar-refractivity contribution in [3.8, 4) is 0 Å². The predicted octanol–water partition coefficient (Wildman–Crippen LogP) is 1.38. The molecule has 27 heavy (non-hydrogen) atoms. The van der Waals surface area contributed by atoms with E-state index in [1.54, 1.807) is 11.3 Å². The second-order valence-corrected chi connectivity index (χ2v) is 9.36. The summed E-state index contributed by atoms with van der Waals surface area (Å²) in [5.41, 5.74) is 0. The summed E-state index contributed by atoms with van der Waals surface area (Å²) >= 11 is 1.78. The minimum Gasteiger partial charge on any atom is -0.475 e. The molecule has 0 aliphatic carbocycles. The summed E-state index contributed by atoms with van der Waals surface area (Å²) < 4.78 is 62.6. The fourth-order valence-corrected chi connectivity index (χ4v) is 4.36. The number of sulfonamides is 1. The Balaban J connectivity index is 0.000000321. The van der Waals surface area contributed by atoms with Gasteiger partial charge in [0.2, 0.25) is 10.0 Å². The van der Waals surface area contributed by atoms with Crippen LogP contribution in [0.2, 0.25) is 0 Å². The number of alkyl halides is 3. The van der Waals surface area contributed by atoms with Gasteiger partial charge in [0.25, 0.3) is 0 Å². The number of carboxylic acids is 1. The molecule has 1 aromatic rings. The van der Waals surface area contributed by atoms with Crippen LogP contribution in [0.3, 0.4) is 0 Å². The van der Waals surface area contributed by atoms with Crippen molar-refractivity contribution in [3.05, 3.63) is 22.4 Å². The van der Waals surface area contributed by atoms with Gasteiger partial charge in [0.15, 0.2) is 0 Å². The minimum atomic E-state index is -5.08. The van der Waals surface area contributed by atoms with Crippen LogP contribution in [-0.4, -0.2) is 69.2 Å². The summed E-state index contributed by atoms with van der Waals surface area (Å²) in [6.45, 7) is 4.09. The summed E-state index contributed by atoms with van der Waals surface area (Å²) in [6.07, 6.45) is -3.61. The van der Waals surface area contributed by atoms with Crippen LogP contribution in [0.1, 0.15) is 4.88 Å². The molecule has 12 heteroatoms. The van der Waals surface area contributed by atoms with Crippen LogP contribution in [0.4, 0.5) is 13.2 Å². The number of rotatable bonds is 5. The number of aliphatic carboxylic acids is 1. The molecule has 0 radical (unpaired) electrons. The maximum Gasteiger partial charge on any atom is 0.490 e. The lowest BCUT2D eigenvalue weighted by atomic mass is 9.93. The first kappa shape index (κ1) is 22.1. The molecule has 0 unspecified atom stereocenters. The number of halogens is 3. The molecule has 154 valence electrons. The summed E-state index contributed by atoms with van der Waals surface area (Å²) in [7, 11) is -3.11. The van der Waals surface area contributed by atoms with Crippen molar-refractivity contribution in [3.63, 3.8) is 0 Å². The summed E-state index contributed by atoms with van der Waals surface area (Å²) in [6, 6.07) is 4.23. The normalized spacial score (nSPS) is 25.7. The first-order valence-corrected chi connectivity index (χ1v) is 10.8. The van der Waals surface area contributed by atoms with E-state index in [1.165, 1.54) is 11.1 Å². The molecule has 0 amide bonds. The fourth-order valence-electron chi connectivity index (χ4n) is 3.10. The van der Waals surface area contributed by atoms with Crippen molar-refractivity contribution >= 4 is 27.3 Å². The highest BCUT2D eigenvalue weighted by Crippen LogP contribution is 2.34. The summed E-state index contributed by atoms with van der Waals surface area (Å²) in [4.78, 5) is 12.7. The lowest BCUT2D eigenvalue weighted by Crippen LogP contribution is -2.33. The van der Waals surface area contributed by atoms with E-state index in [4.69, 9.17) is 14.6 Å². The predicted molar refractivity (Wildman–Crippen MR) is 92.9 cm³/mol. The van der Waals surface area contributed by atoms with Crippen LogP contribution in [0.25, 0.3) is 0 Å². The van der Waals surface area contributed by atoms with Gasteiger partial charge >= 0.3 is 12.1 Å². The van der Waals surface area contributed by atoms with Gasteiger partial charge in [0.1, 0.15) is 0 Å². The third kappa shape index (κ3) is 7.03. The van der Waals surface area contributed by atoms with Crippen molar-refractivity contribution in [1.82, 2.24) is 9.62 Å². The molecular formula is C15H21F3N2O5S2. The van der Waals surface area contributed by atoms with Crippen molar-refractivity contribution < 1.29 is 36.2 Å². The average Bonchev–Trinajstić information content (AvgIpc) is 3.22. The van der Waals surface area contributed by atoms with Gasteiger partial charge in [-0.15, -0.1) is 11.3 Å². The Morgan fingerprint density at radius 1 is 1.44 bits per heavy atom. The van der Waals surface area contributed by atoms with Crippen LogP contribution in [0, 0.1) is 11.8 Å². The lowest BCUT2D eigenvalue weighted by molar-refractivity contribution is -0.192. The van der Waals surface area contributed by atoms with E-state index < -0.39 is 22.2 Å². The van der Waals surface area contributed by atoms with Gasteiger partial charge in [-0.05, 0) is 11.4 Å². The first-order valence-electron chi connectivity index (χ1n) is 8.07. The zero-order valence-electron chi connectivity index (χ0n) is 14.5. The molecule has 3 heterocycles. The third-order valence-corrected chi connectivity index (χ3v) is 5.88. The molecule has 0 bridgehead atoms. The lowest BCUT2D eigenvalue weighted by Gasteiger charge is -2.19. The van der Waals surface area contributed by atoms with Crippen LogP contribution in [0.15, 0.2) is 17.5 Å². The van der Waals surface area contributed by atoms with Crippen molar-refractivity contribution in [2.75, 3.05) is 32.5 Å². The molecule has 1 aromatic heterocycles. The number of hydrogen-bond donors (Lipinski definition) is 2. The highest BCUT2D eigenvalue weighted by molar-refractivity contribution is 7.88. The van der Waals surface area contributed by atoms with Crippen LogP contribution < -0.4 is 4.72 Å². The number of carbonyl (C=O) groups is 1. The summed E-state index contributed by atoms with van der Waals surface area (Å²) in [5.74, 6) is -2.01. The second kappa shape index (κ2) is 8.86. The summed E-state index contributed by atoms with van der Waals surface area (Å²) in [5, 5.41) is 9.22. The number of nitrogens with one attached hydrogen (secondary N) is 1. The molecule has 0 saturated carbocycles. The zero-order valence-corrected chi connectivity index (χ0v) is 16.1. The van der Waals surface area contributed by atoms with E-state index in [1.807, 2.05) is 0 Å². The van der Waals surface area contributed by atoms with Gasteiger partial charge in [0.05, 0.1) is 19.0 Å². The van der Waals surface area contributed by atoms with Crippen LogP contribution >= 0.6 is 11.3 Å². The Hall–Kier alpha value is -1.21. The van der Waals surface area contributed by atoms with Gasteiger partial charge in [-0.2, -0.15) is 13.2 Å². The third-order valence-electron chi connectivity index (χ3n) is 4.32. The van der Waals surface area contributed by atoms with Gasteiger partial charge in [-0.25, -0.2) is 17.9 Å². The Morgan fingerprint density at radius 3 is 2.63 bits per heavy atom. The maximum absolute atomic E-state index is 11.2. The largest absolute Gasteiger partial charge is 0.490 e. The highest BCUT2D eigenvalue weighted by Gasteiger charge is 2.43. The zero-order chi connectivity index (χ0) is 20.2. The Morgan fingerprint density at radius 2 is 2.11 bits per heavy atom. The van der Waals surface area contributed by atoms with E-state index in [2.05, 4.69) is 27.1 Å². The molecule has 0 spiro atoms. The van der Waals surface area contributed by atoms with E-state index in [0.29, 0.717) is 25.0 Å². The molecule has 3 atom stereocenters. The molecule has 2 N–H and O–H groups in total. The number of hydrogen-bond acceptors (Lipinski definition) is 6. The molecular weight excluding hydrogens is 409 g/mol. The van der Waals surface area contributed by atoms with Crippen molar-refractivity contribution in [1.29, 1.82) is 0 Å². The molecule has 2 saturated heterocycles. The molecule has 7 nitrogen and oxygen atoms in total. The smallest absolute Gasteiger partial charge is 0.475 e. The van der Waals surface area contributed by atoms with Gasteiger partial charge < -0.3 is 9.84 Å². The second-order valence-electron chi connectivity index (χ2n) is 6.49. The van der Waals surface area contributed by atoms with Crippen LogP contribution in [-0.2, 0) is 26.1 Å². The number of ether oxygens (including phenoxy) is 1. The van der Waals surface area contributed by atoms with E-state index in [9.17, 15) is 21.6 Å². The van der Waals surface area contributed by atoms with Crippen LogP contribution in [0.5, 0.6) is 0 Å². The fraction of sp³-hybridized carbons (Fsp3) is 0.667. The standard InChI is InChI=1S/C13H20N2O3S2.C2HF3O2/c1-20(16,17)14-5-10-9-18-13-8-15(7-12(10)13)6-11-3-2-4-19-11;3-2(4,5)1(6)7/h2-4,10,12-14H,5-9H2,1H3;(H,6,7)/t10-,12-,13-;/m1./s1. The molecule has 0 aromatic carbocycles. The number of fused-ring (bicyclic) bond motifs is 1. The highest BCUT2D eigenvalue weighted by atomic mass is 32.2. The average molecular weight is 430 g/mol. The molecule has 2 fully saturated rings. The van der Waals surface area contributed by atoms with E-state index >= 15 is 0 Å². The van der Waals surface area contributed by atoms with Crippen molar-refractivity contribution in [2.45, 2.75) is 18.8 Å². The molecule has 2 aliphatic heterocycles. The van der Waals surface area contributed by atoms with Crippen molar-refractivity contribution in [2.24, 2.45) is 11.8 Å². The SMILES string of the molecule is CS(=O)(=O)NC[C@@H]1CO[C@@H]2CN(Cc3cccs3)C[C@H]12.O=C(O)C(F)(F)F. The number of likely N-dealkylation sites (tertiary alicyclic amines) is 1. The van der Waals surface area contributed by atoms with E-state index in [0.717, 1.165) is 19.6 Å². The topological polar surface area (TPSA) is 95.9 Å². The molecule has 3 rings (SSSR count). The minimum absolute atomic E-state index is 0.265. The van der Waals surface area contributed by atoms with Gasteiger partial charge in [-0.3, -0.25) is 4.90 Å². The first-order chi connectivity index (χ1) is 12.5. The van der Waals surface area contributed by atoms with Gasteiger partial charge in [-0.1, -0.05) is 6.07 Å². The number of carboxylic acid groups (broad SMARTS) is 1. The van der Waals surface area contributed by atoms with Gasteiger partial charge in [0, 0.05) is 42.9 Å². The quantitative estimate of drug-likeness (QED) is 0.733. The molecule has 2 aliphatic rings. The number of thiophene rings is 1. The Kier molecular flexibility index (Phi) is 7.25.